The molecule has 0 aliphatic carbocycles. The fraction of sp³-hybridized carbons (Fsp3) is 0.394. The zero-order chi connectivity index (χ0) is 29.4. The van der Waals surface area contributed by atoms with Crippen LogP contribution >= 0.6 is 0 Å². The van der Waals surface area contributed by atoms with Crippen molar-refractivity contribution < 1.29 is 33.5 Å². The van der Waals surface area contributed by atoms with E-state index in [1.165, 1.54) is 19.2 Å². The lowest BCUT2D eigenvalue weighted by Crippen LogP contribution is -2.83. The van der Waals surface area contributed by atoms with Gasteiger partial charge in [-0.3, -0.25) is 4.79 Å². The molecule has 1 amide bonds. The van der Waals surface area contributed by atoms with Gasteiger partial charge in [-0.05, 0) is 68.3 Å². The van der Waals surface area contributed by atoms with Crippen molar-refractivity contribution in [2.24, 2.45) is 5.41 Å². The minimum Gasteiger partial charge on any atom is -0.493 e. The summed E-state index contributed by atoms with van der Waals surface area (Å²) in [6, 6.07) is 17.5. The van der Waals surface area contributed by atoms with Crippen LogP contribution in [-0.4, -0.2) is 45.3 Å². The summed E-state index contributed by atoms with van der Waals surface area (Å²) in [7, 11) is 1.35. The van der Waals surface area contributed by atoms with Gasteiger partial charge in [0.05, 0.1) is 38.0 Å². The number of halogens is 1. The lowest BCUT2D eigenvalue weighted by Gasteiger charge is -2.27. The minimum atomic E-state index is -0.416. The quantitative estimate of drug-likeness (QED) is 0.224. The Bertz CT molecular complexity index is 1330. The number of benzene rings is 3. The van der Waals surface area contributed by atoms with E-state index >= 15 is 0 Å². The highest BCUT2D eigenvalue weighted by Crippen LogP contribution is 2.41. The highest BCUT2D eigenvalue weighted by atomic mass is 19.1. The average Bonchev–Trinajstić information content (AvgIpc) is 3.32. The van der Waals surface area contributed by atoms with Crippen molar-refractivity contribution in [3.05, 3.63) is 77.6 Å². The molecule has 1 unspecified atom stereocenters. The molecule has 3 aromatic rings. The van der Waals surface area contributed by atoms with Crippen molar-refractivity contribution in [3.63, 3.8) is 0 Å². The SMILES string of the molecule is CCOc1cc(C[NH2+]CCC2(CC)CC(=O)N(c3cccc(C(=O)OC)c3)C2)cc(OCC)c1-c1ccc(F)cc1. The Morgan fingerprint density at radius 2 is 1.68 bits per heavy atom. The van der Waals surface area contributed by atoms with E-state index in [4.69, 9.17) is 14.2 Å². The fourth-order valence-corrected chi connectivity index (χ4v) is 5.51. The van der Waals surface area contributed by atoms with Crippen molar-refractivity contribution in [3.8, 4) is 22.6 Å². The van der Waals surface area contributed by atoms with Gasteiger partial charge in [-0.1, -0.05) is 25.1 Å². The Kier molecular flexibility index (Phi) is 10.00. The van der Waals surface area contributed by atoms with Crippen LogP contribution < -0.4 is 19.7 Å². The predicted octanol–water partition coefficient (Wildman–Crippen LogP) is 5.36. The Balaban J connectivity index is 1.45. The summed E-state index contributed by atoms with van der Waals surface area (Å²) in [6.07, 6.45) is 2.25. The van der Waals surface area contributed by atoms with E-state index in [1.807, 2.05) is 32.0 Å². The standard InChI is InChI=1S/C33H39FN2O5/c1-5-33(20-30(37)36(22-33)27-10-8-9-25(19-27)32(38)39-4)15-16-35-21-23-17-28(40-6-2)31(29(18-23)41-7-3)24-11-13-26(34)14-12-24/h8-14,17-19,35H,5-7,15-16,20-22H2,1-4H3/p+1. The van der Waals surface area contributed by atoms with Gasteiger partial charge in [-0.25, -0.2) is 9.18 Å². The van der Waals surface area contributed by atoms with Crippen molar-refractivity contribution in [1.29, 1.82) is 0 Å². The van der Waals surface area contributed by atoms with Crippen LogP contribution in [0.5, 0.6) is 11.5 Å². The zero-order valence-corrected chi connectivity index (χ0v) is 24.4. The Morgan fingerprint density at radius 1 is 1.00 bits per heavy atom. The van der Waals surface area contributed by atoms with E-state index < -0.39 is 5.97 Å². The summed E-state index contributed by atoms with van der Waals surface area (Å²) >= 11 is 0. The van der Waals surface area contributed by atoms with E-state index in [-0.39, 0.29) is 17.1 Å². The maximum Gasteiger partial charge on any atom is 0.337 e. The summed E-state index contributed by atoms with van der Waals surface area (Å²) in [5, 5.41) is 2.25. The second-order valence-corrected chi connectivity index (χ2v) is 10.4. The van der Waals surface area contributed by atoms with Crippen molar-refractivity contribution in [2.75, 3.05) is 38.3 Å². The van der Waals surface area contributed by atoms with Gasteiger partial charge < -0.3 is 24.4 Å². The second-order valence-electron chi connectivity index (χ2n) is 10.4. The first-order valence-electron chi connectivity index (χ1n) is 14.3. The topological polar surface area (TPSA) is 81.7 Å². The monoisotopic (exact) mass is 563 g/mol. The molecule has 4 rings (SSSR count). The average molecular weight is 564 g/mol. The summed E-state index contributed by atoms with van der Waals surface area (Å²) in [5.74, 6) is 0.797. The molecule has 8 heteroatoms. The van der Waals surface area contributed by atoms with E-state index in [0.29, 0.717) is 43.2 Å². The Morgan fingerprint density at radius 3 is 2.29 bits per heavy atom. The minimum absolute atomic E-state index is 0.0768. The van der Waals surface area contributed by atoms with Gasteiger partial charge >= 0.3 is 5.97 Å². The first-order valence-corrected chi connectivity index (χ1v) is 14.3. The number of methoxy groups -OCH3 is 1. The van der Waals surface area contributed by atoms with Crippen LogP contribution in [0.15, 0.2) is 60.7 Å². The number of amides is 1. The first kappa shape index (κ1) is 30.1. The molecule has 2 N–H and O–H groups in total. The number of hydrogen-bond acceptors (Lipinski definition) is 5. The van der Waals surface area contributed by atoms with E-state index in [0.717, 1.165) is 48.3 Å². The van der Waals surface area contributed by atoms with Crippen LogP contribution in [0, 0.1) is 11.2 Å². The van der Waals surface area contributed by atoms with E-state index in [1.54, 1.807) is 35.2 Å². The molecule has 0 radical (unpaired) electrons. The number of quaternary nitrogens is 1. The number of carbonyl (C=O) groups excluding carboxylic acids is 2. The van der Waals surface area contributed by atoms with Crippen LogP contribution in [0.4, 0.5) is 10.1 Å². The maximum atomic E-state index is 13.6. The molecule has 1 heterocycles. The third-order valence-corrected chi connectivity index (χ3v) is 7.77. The number of rotatable bonds is 13. The molecule has 7 nitrogen and oxygen atoms in total. The van der Waals surface area contributed by atoms with Crippen molar-refractivity contribution in [2.45, 2.75) is 46.6 Å². The third kappa shape index (κ3) is 7.06. The molecule has 1 aliphatic rings. The van der Waals surface area contributed by atoms with Gasteiger partial charge in [0, 0.05) is 36.1 Å². The smallest absolute Gasteiger partial charge is 0.337 e. The number of nitrogens with two attached hydrogens (primary N) is 1. The Hall–Kier alpha value is -3.91. The van der Waals surface area contributed by atoms with Gasteiger partial charge in [0.1, 0.15) is 23.9 Å². The fourth-order valence-electron chi connectivity index (χ4n) is 5.51. The number of nitrogens with zero attached hydrogens (tertiary/aromatic N) is 1. The molecule has 3 aromatic carbocycles. The molecule has 218 valence electrons. The van der Waals surface area contributed by atoms with Gasteiger partial charge in [0.15, 0.2) is 0 Å². The molecule has 0 aromatic heterocycles. The molecule has 0 spiro atoms. The van der Waals surface area contributed by atoms with Crippen LogP contribution in [0.25, 0.3) is 11.1 Å². The number of hydrogen-bond donors (Lipinski definition) is 1. The molecule has 1 saturated heterocycles. The summed E-state index contributed by atoms with van der Waals surface area (Å²) in [4.78, 5) is 26.9. The lowest BCUT2D eigenvalue weighted by atomic mass is 9.81. The molecule has 41 heavy (non-hydrogen) atoms. The number of anilines is 1. The molecule has 0 saturated carbocycles. The van der Waals surface area contributed by atoms with Crippen LogP contribution in [0.1, 0.15) is 56.0 Å². The van der Waals surface area contributed by atoms with Gasteiger partial charge in [0.2, 0.25) is 5.91 Å². The molecule has 1 aliphatic heterocycles. The van der Waals surface area contributed by atoms with Crippen LogP contribution in [-0.2, 0) is 16.1 Å². The van der Waals surface area contributed by atoms with Crippen molar-refractivity contribution >= 4 is 17.6 Å². The third-order valence-electron chi connectivity index (χ3n) is 7.77. The summed E-state index contributed by atoms with van der Waals surface area (Å²) in [6.45, 7) is 9.21. The predicted molar refractivity (Wildman–Crippen MR) is 157 cm³/mol. The van der Waals surface area contributed by atoms with E-state index in [2.05, 4.69) is 12.2 Å². The molecular weight excluding hydrogens is 523 g/mol. The lowest BCUT2D eigenvalue weighted by molar-refractivity contribution is -0.672. The number of carbonyl (C=O) groups is 2. The first-order chi connectivity index (χ1) is 19.8. The summed E-state index contributed by atoms with van der Waals surface area (Å²) in [5.41, 5.74) is 3.76. The van der Waals surface area contributed by atoms with E-state index in [9.17, 15) is 14.0 Å². The van der Waals surface area contributed by atoms with Crippen LogP contribution in [0.2, 0.25) is 0 Å². The normalized spacial score (nSPS) is 16.6. The molecule has 0 bridgehead atoms. The van der Waals surface area contributed by atoms with Gasteiger partial charge in [-0.15, -0.1) is 0 Å². The van der Waals surface area contributed by atoms with Gasteiger partial charge in [0.25, 0.3) is 0 Å². The number of esters is 1. The maximum absolute atomic E-state index is 13.6. The Labute approximate surface area is 241 Å². The summed E-state index contributed by atoms with van der Waals surface area (Å²) < 4.78 is 30.4. The zero-order valence-electron chi connectivity index (χ0n) is 24.4. The largest absolute Gasteiger partial charge is 0.493 e. The molecular formula is C33H40FN2O5+. The van der Waals surface area contributed by atoms with Crippen LogP contribution in [0.3, 0.4) is 0 Å². The van der Waals surface area contributed by atoms with Gasteiger partial charge in [-0.2, -0.15) is 0 Å². The molecule has 1 atom stereocenters. The molecule has 1 fully saturated rings. The number of ether oxygens (including phenoxy) is 3. The highest BCUT2D eigenvalue weighted by molar-refractivity contribution is 5.98. The highest BCUT2D eigenvalue weighted by Gasteiger charge is 2.42. The van der Waals surface area contributed by atoms with Crippen molar-refractivity contribution in [1.82, 2.24) is 0 Å². The second kappa shape index (κ2) is 13.6.